The molecule has 1 atom stereocenters. The first-order valence-electron chi connectivity index (χ1n) is 7.63. The molecule has 0 aliphatic rings. The number of ether oxygens (including phenoxy) is 1. The van der Waals surface area contributed by atoms with Crippen LogP contribution in [0.1, 0.15) is 58.6 Å². The zero-order chi connectivity index (χ0) is 15.1. The van der Waals surface area contributed by atoms with E-state index in [0.717, 1.165) is 6.54 Å². The van der Waals surface area contributed by atoms with Crippen LogP contribution >= 0.6 is 0 Å². The molecule has 3 nitrogen and oxygen atoms in total. The molecular formula is C17H29NO2. The van der Waals surface area contributed by atoms with Crippen LogP contribution in [0.5, 0.6) is 11.5 Å². The fourth-order valence-corrected chi connectivity index (χ4v) is 2.59. The van der Waals surface area contributed by atoms with Crippen LogP contribution in [0, 0.1) is 0 Å². The minimum atomic E-state index is 0.200. The van der Waals surface area contributed by atoms with Crippen LogP contribution < -0.4 is 4.74 Å². The Kier molecular flexibility index (Phi) is 6.86. The molecule has 3 heteroatoms. The number of hydrogen-bond donors (Lipinski definition) is 1. The van der Waals surface area contributed by atoms with E-state index in [1.807, 2.05) is 12.1 Å². The minimum absolute atomic E-state index is 0.200. The Bertz CT molecular complexity index is 404. The van der Waals surface area contributed by atoms with Gasteiger partial charge in [0.2, 0.25) is 0 Å². The van der Waals surface area contributed by atoms with Crippen LogP contribution in [-0.2, 0) is 0 Å². The maximum atomic E-state index is 9.70. The van der Waals surface area contributed by atoms with E-state index in [1.54, 1.807) is 13.2 Å². The van der Waals surface area contributed by atoms with Gasteiger partial charge >= 0.3 is 0 Å². The Labute approximate surface area is 123 Å². The summed E-state index contributed by atoms with van der Waals surface area (Å²) in [5.41, 5.74) is 1.19. The van der Waals surface area contributed by atoms with Crippen LogP contribution in [0.15, 0.2) is 18.2 Å². The molecule has 0 radical (unpaired) electrons. The Hall–Kier alpha value is -1.22. The Morgan fingerprint density at radius 1 is 1.20 bits per heavy atom. The first-order valence-corrected chi connectivity index (χ1v) is 7.63. The van der Waals surface area contributed by atoms with Crippen molar-refractivity contribution in [3.8, 4) is 11.5 Å². The molecule has 1 N–H and O–H groups in total. The first kappa shape index (κ1) is 16.8. The molecule has 0 fully saturated rings. The summed E-state index contributed by atoms with van der Waals surface area (Å²) in [4.78, 5) is 2.50. The molecule has 20 heavy (non-hydrogen) atoms. The first-order chi connectivity index (χ1) is 9.51. The Balaban J connectivity index is 2.85. The van der Waals surface area contributed by atoms with Crippen LogP contribution in [-0.4, -0.2) is 29.7 Å². The fraction of sp³-hybridized carbons (Fsp3) is 0.647. The molecule has 1 unspecified atom stereocenters. The van der Waals surface area contributed by atoms with Crippen LogP contribution in [0.4, 0.5) is 0 Å². The summed E-state index contributed by atoms with van der Waals surface area (Å²) in [7, 11) is 1.59. The second-order valence-corrected chi connectivity index (χ2v) is 5.65. The highest BCUT2D eigenvalue weighted by molar-refractivity contribution is 5.42. The van der Waals surface area contributed by atoms with E-state index < -0.39 is 0 Å². The fourth-order valence-electron chi connectivity index (χ4n) is 2.59. The SMILES string of the molecule is CCCCCN(C(C)C)C(C)c1ccc(O)c(OC)c1. The largest absolute Gasteiger partial charge is 0.504 e. The average Bonchev–Trinajstić information content (AvgIpc) is 2.43. The topological polar surface area (TPSA) is 32.7 Å². The van der Waals surface area contributed by atoms with E-state index in [2.05, 4.69) is 32.6 Å². The summed E-state index contributed by atoms with van der Waals surface area (Å²) in [6.07, 6.45) is 3.75. The molecule has 0 aliphatic heterocycles. The van der Waals surface area contributed by atoms with Gasteiger partial charge in [-0.3, -0.25) is 4.90 Å². The standard InChI is InChI=1S/C17H29NO2/c1-6-7-8-11-18(13(2)3)14(4)15-9-10-16(19)17(12-15)20-5/h9-10,12-14,19H,6-8,11H2,1-5H3. The van der Waals surface area contributed by atoms with Crippen molar-refractivity contribution < 1.29 is 9.84 Å². The molecule has 1 aromatic carbocycles. The lowest BCUT2D eigenvalue weighted by molar-refractivity contribution is 0.161. The summed E-state index contributed by atoms with van der Waals surface area (Å²) < 4.78 is 5.21. The maximum Gasteiger partial charge on any atom is 0.160 e. The molecule has 1 rings (SSSR count). The molecule has 0 bridgehead atoms. The number of phenolic OH excluding ortho intramolecular Hbond substituents is 1. The summed E-state index contributed by atoms with van der Waals surface area (Å²) in [6.45, 7) is 10.0. The molecule has 0 spiro atoms. The molecule has 0 saturated heterocycles. The average molecular weight is 279 g/mol. The number of hydrogen-bond acceptors (Lipinski definition) is 3. The molecule has 0 heterocycles. The highest BCUT2D eigenvalue weighted by atomic mass is 16.5. The van der Waals surface area contributed by atoms with Gasteiger partial charge in [0.25, 0.3) is 0 Å². The van der Waals surface area contributed by atoms with Crippen molar-refractivity contribution in [1.29, 1.82) is 0 Å². The third-order valence-electron chi connectivity index (χ3n) is 3.87. The van der Waals surface area contributed by atoms with Crippen molar-refractivity contribution in [2.24, 2.45) is 0 Å². The Morgan fingerprint density at radius 2 is 1.90 bits per heavy atom. The third-order valence-corrected chi connectivity index (χ3v) is 3.87. The summed E-state index contributed by atoms with van der Waals surface area (Å²) in [5, 5.41) is 9.70. The number of benzene rings is 1. The van der Waals surface area contributed by atoms with Gasteiger partial charge in [0.05, 0.1) is 7.11 Å². The molecule has 1 aromatic rings. The van der Waals surface area contributed by atoms with Gasteiger partial charge in [-0.1, -0.05) is 25.8 Å². The summed E-state index contributed by atoms with van der Waals surface area (Å²) in [5.74, 6) is 0.747. The van der Waals surface area contributed by atoms with Gasteiger partial charge in [0, 0.05) is 12.1 Å². The van der Waals surface area contributed by atoms with Crippen LogP contribution in [0.2, 0.25) is 0 Å². The van der Waals surface area contributed by atoms with E-state index in [0.29, 0.717) is 17.8 Å². The molecule has 0 saturated carbocycles. The number of unbranched alkanes of at least 4 members (excludes halogenated alkanes) is 2. The zero-order valence-electron chi connectivity index (χ0n) is 13.5. The summed E-state index contributed by atoms with van der Waals surface area (Å²) >= 11 is 0. The second kappa shape index (κ2) is 8.15. The maximum absolute atomic E-state index is 9.70. The highest BCUT2D eigenvalue weighted by Crippen LogP contribution is 2.31. The van der Waals surface area contributed by atoms with E-state index in [4.69, 9.17) is 4.74 Å². The second-order valence-electron chi connectivity index (χ2n) is 5.65. The number of nitrogens with zero attached hydrogens (tertiary/aromatic N) is 1. The zero-order valence-corrected chi connectivity index (χ0v) is 13.5. The summed E-state index contributed by atoms with van der Waals surface area (Å²) in [6, 6.07) is 6.46. The van der Waals surface area contributed by atoms with Gasteiger partial charge in [-0.15, -0.1) is 0 Å². The van der Waals surface area contributed by atoms with Crippen molar-refractivity contribution in [3.05, 3.63) is 23.8 Å². The number of aromatic hydroxyl groups is 1. The van der Waals surface area contributed by atoms with Crippen molar-refractivity contribution in [3.63, 3.8) is 0 Å². The van der Waals surface area contributed by atoms with Crippen LogP contribution in [0.25, 0.3) is 0 Å². The van der Waals surface area contributed by atoms with Gasteiger partial charge in [0.1, 0.15) is 0 Å². The number of rotatable bonds is 8. The van der Waals surface area contributed by atoms with Crippen molar-refractivity contribution in [2.45, 2.75) is 59.0 Å². The minimum Gasteiger partial charge on any atom is -0.504 e. The van der Waals surface area contributed by atoms with Crippen molar-refractivity contribution in [1.82, 2.24) is 4.90 Å². The van der Waals surface area contributed by atoms with Gasteiger partial charge in [-0.05, 0) is 51.4 Å². The quantitative estimate of drug-likeness (QED) is 0.718. The predicted molar refractivity (Wildman–Crippen MR) is 84.4 cm³/mol. The Morgan fingerprint density at radius 3 is 2.45 bits per heavy atom. The van der Waals surface area contributed by atoms with E-state index in [1.165, 1.54) is 24.8 Å². The number of phenols is 1. The molecular weight excluding hydrogens is 250 g/mol. The van der Waals surface area contributed by atoms with E-state index in [-0.39, 0.29) is 5.75 Å². The van der Waals surface area contributed by atoms with Gasteiger partial charge in [0.15, 0.2) is 11.5 Å². The van der Waals surface area contributed by atoms with Gasteiger partial charge in [-0.2, -0.15) is 0 Å². The van der Waals surface area contributed by atoms with Crippen molar-refractivity contribution in [2.75, 3.05) is 13.7 Å². The predicted octanol–water partition coefficient (Wildman–Crippen LogP) is 4.36. The normalized spacial score (nSPS) is 12.9. The number of methoxy groups -OCH3 is 1. The lowest BCUT2D eigenvalue weighted by atomic mass is 10.0. The molecule has 0 aliphatic carbocycles. The van der Waals surface area contributed by atoms with E-state index in [9.17, 15) is 5.11 Å². The van der Waals surface area contributed by atoms with Crippen molar-refractivity contribution >= 4 is 0 Å². The molecule has 114 valence electrons. The van der Waals surface area contributed by atoms with E-state index >= 15 is 0 Å². The molecule has 0 aromatic heterocycles. The molecule has 0 amide bonds. The lowest BCUT2D eigenvalue weighted by Crippen LogP contribution is -2.34. The third kappa shape index (κ3) is 4.41. The van der Waals surface area contributed by atoms with Gasteiger partial charge < -0.3 is 9.84 Å². The van der Waals surface area contributed by atoms with Crippen LogP contribution in [0.3, 0.4) is 0 Å². The highest BCUT2D eigenvalue weighted by Gasteiger charge is 2.19. The smallest absolute Gasteiger partial charge is 0.160 e. The van der Waals surface area contributed by atoms with Gasteiger partial charge in [-0.25, -0.2) is 0 Å². The lowest BCUT2D eigenvalue weighted by Gasteiger charge is -2.33. The monoisotopic (exact) mass is 279 g/mol.